The summed E-state index contributed by atoms with van der Waals surface area (Å²) in [5, 5.41) is 17.0. The number of carboxylic acid groups (broad SMARTS) is 1. The van der Waals surface area contributed by atoms with Crippen molar-refractivity contribution in [2.24, 2.45) is 0 Å². The maximum Gasteiger partial charge on any atom is 0.300 e. The van der Waals surface area contributed by atoms with Crippen molar-refractivity contribution in [1.82, 2.24) is 14.7 Å². The number of nitriles is 1. The van der Waals surface area contributed by atoms with E-state index in [2.05, 4.69) is 15.9 Å². The van der Waals surface area contributed by atoms with Gasteiger partial charge in [-0.25, -0.2) is 4.39 Å². The van der Waals surface area contributed by atoms with Crippen LogP contribution in [0.25, 0.3) is 0 Å². The van der Waals surface area contributed by atoms with E-state index in [1.54, 1.807) is 11.0 Å². The zero-order valence-corrected chi connectivity index (χ0v) is 25.4. The first-order valence-corrected chi connectivity index (χ1v) is 16.2. The number of aryl methyl sites for hydroxylation is 1. The Bertz CT molecular complexity index is 1270. The van der Waals surface area contributed by atoms with Crippen LogP contribution in [0.2, 0.25) is 0 Å². The third kappa shape index (κ3) is 8.54. The number of carboxylic acids is 1. The number of fused-ring (bicyclic) bond motifs is 1. The minimum absolute atomic E-state index is 0.0427. The lowest BCUT2D eigenvalue weighted by atomic mass is 9.86. The molecule has 0 bridgehead atoms. The molecule has 0 saturated carbocycles. The average molecular weight is 597 g/mol. The van der Waals surface area contributed by atoms with E-state index < -0.39 is 17.1 Å². The highest BCUT2D eigenvalue weighted by Gasteiger charge is 2.35. The van der Waals surface area contributed by atoms with Crippen LogP contribution in [0.3, 0.4) is 0 Å². The third-order valence-corrected chi connectivity index (χ3v) is 9.74. The number of aliphatic carboxylic acids is 1. The molecule has 1 atom stereocenters. The molecule has 1 unspecified atom stereocenters. The topological polar surface area (TPSA) is 111 Å². The van der Waals surface area contributed by atoms with E-state index in [1.165, 1.54) is 12.1 Å². The summed E-state index contributed by atoms with van der Waals surface area (Å²) in [5.41, 5.74) is 4.47. The number of amides is 1. The minimum atomic E-state index is -0.833. The predicted molar refractivity (Wildman–Crippen MR) is 162 cm³/mol. The van der Waals surface area contributed by atoms with Crippen molar-refractivity contribution in [3.63, 3.8) is 0 Å². The molecule has 1 amide bonds. The van der Waals surface area contributed by atoms with E-state index in [0.29, 0.717) is 23.7 Å². The quantitative estimate of drug-likeness (QED) is 0.463. The molecule has 10 heteroatoms. The number of likely N-dealkylation sites (tertiary alicyclic amines) is 1. The molecule has 2 heterocycles. The summed E-state index contributed by atoms with van der Waals surface area (Å²) in [6, 6.07) is 13.1. The summed E-state index contributed by atoms with van der Waals surface area (Å²) in [6.07, 6.45) is 4.82. The van der Waals surface area contributed by atoms with Crippen molar-refractivity contribution in [2.75, 3.05) is 57.8 Å². The van der Waals surface area contributed by atoms with Crippen LogP contribution in [-0.4, -0.2) is 100 Å². The van der Waals surface area contributed by atoms with Gasteiger partial charge in [0.1, 0.15) is 17.3 Å². The van der Waals surface area contributed by atoms with Gasteiger partial charge in [0.15, 0.2) is 0 Å². The van der Waals surface area contributed by atoms with E-state index in [9.17, 15) is 19.0 Å². The maximum absolute atomic E-state index is 13.7. The molecule has 2 aliphatic heterocycles. The largest absolute Gasteiger partial charge is 0.616 e. The summed E-state index contributed by atoms with van der Waals surface area (Å²) in [5.74, 6) is 0.508. The number of hydrogen-bond acceptors (Lipinski definition) is 6. The van der Waals surface area contributed by atoms with Crippen molar-refractivity contribution >= 4 is 23.1 Å². The molecule has 1 N–H and O–H groups in total. The lowest BCUT2D eigenvalue weighted by molar-refractivity contribution is -0.134. The first-order chi connectivity index (χ1) is 20.1. The van der Waals surface area contributed by atoms with Crippen molar-refractivity contribution in [2.45, 2.75) is 51.0 Å². The van der Waals surface area contributed by atoms with Gasteiger partial charge in [-0.15, -0.1) is 0 Å². The molecule has 0 radical (unpaired) electrons. The van der Waals surface area contributed by atoms with E-state index in [-0.39, 0.29) is 17.6 Å². The Hall–Kier alpha value is -2.97. The molecule has 2 aromatic rings. The second kappa shape index (κ2) is 15.0. The third-order valence-electron chi connectivity index (χ3n) is 8.47. The number of carbonyl (C=O) groups excluding carboxylic acids is 1. The number of nitrogens with zero attached hydrogens (tertiary/aromatic N) is 4. The number of halogens is 1. The molecule has 2 aromatic carbocycles. The zero-order valence-electron chi connectivity index (χ0n) is 24.6. The Morgan fingerprint density at radius 3 is 2.45 bits per heavy atom. The van der Waals surface area contributed by atoms with Gasteiger partial charge in [0.25, 0.3) is 11.9 Å². The van der Waals surface area contributed by atoms with Crippen molar-refractivity contribution in [1.29, 1.82) is 5.26 Å². The molecular weight excluding hydrogens is 555 g/mol. The smallest absolute Gasteiger partial charge is 0.300 e. The number of benzene rings is 2. The van der Waals surface area contributed by atoms with Crippen molar-refractivity contribution < 1.29 is 23.6 Å². The summed E-state index contributed by atoms with van der Waals surface area (Å²) in [4.78, 5) is 29.4. The monoisotopic (exact) mass is 596 g/mol. The van der Waals surface area contributed by atoms with E-state index in [0.717, 1.165) is 99.9 Å². The van der Waals surface area contributed by atoms with Crippen molar-refractivity contribution in [3.05, 3.63) is 70.0 Å². The Kier molecular flexibility index (Phi) is 11.4. The predicted octanol–water partition coefficient (Wildman–Crippen LogP) is 3.66. The fourth-order valence-corrected chi connectivity index (χ4v) is 7.23. The van der Waals surface area contributed by atoms with Gasteiger partial charge in [0.05, 0.1) is 11.6 Å². The van der Waals surface area contributed by atoms with Crippen molar-refractivity contribution in [3.8, 4) is 6.07 Å². The lowest BCUT2D eigenvalue weighted by Crippen LogP contribution is -2.62. The van der Waals surface area contributed by atoms with Gasteiger partial charge in [0, 0.05) is 64.2 Å². The lowest BCUT2D eigenvalue weighted by Gasteiger charge is -2.47. The standard InChI is InChI=1S/C30H37FN4O2S.C2H4O2/c1-33(30(36)29-17-22(18-32)16-24-4-2-3-5-28(24)29)19-25(23-6-8-26(31)9-7-23)10-11-34-20-27(21-34)35-12-14-38(37)15-13-35;1-2(3)4/h6-9,16-17,25,27H,2-5,10-15,19-21H2,1H3;1H3,(H,3,4). The van der Waals surface area contributed by atoms with E-state index in [1.807, 2.05) is 25.2 Å². The Morgan fingerprint density at radius 1 is 1.17 bits per heavy atom. The van der Waals surface area contributed by atoms with Crippen LogP contribution in [0.1, 0.15) is 64.7 Å². The summed E-state index contributed by atoms with van der Waals surface area (Å²) in [6.45, 7) is 6.42. The molecule has 1 aliphatic carbocycles. The van der Waals surface area contributed by atoms with Crippen LogP contribution in [-0.2, 0) is 28.8 Å². The molecule has 8 nitrogen and oxygen atoms in total. The molecule has 3 aliphatic rings. The average Bonchev–Trinajstić information content (AvgIpc) is 2.95. The van der Waals surface area contributed by atoms with Gasteiger partial charge in [-0.1, -0.05) is 23.3 Å². The molecule has 226 valence electrons. The normalized spacial score (nSPS) is 18.5. The highest BCUT2D eigenvalue weighted by atomic mass is 32.2. The number of hydrogen-bond donors (Lipinski definition) is 1. The van der Waals surface area contributed by atoms with Gasteiger partial charge in [0.2, 0.25) is 0 Å². The molecule has 2 fully saturated rings. The van der Waals surface area contributed by atoms with Crippen LogP contribution in [0, 0.1) is 17.1 Å². The molecule has 5 rings (SSSR count). The van der Waals surface area contributed by atoms with Gasteiger partial charge in [-0.05, 0) is 79.6 Å². The fourth-order valence-electron chi connectivity index (χ4n) is 6.15. The first-order valence-electron chi connectivity index (χ1n) is 14.7. The molecule has 0 aromatic heterocycles. The van der Waals surface area contributed by atoms with Gasteiger partial charge >= 0.3 is 0 Å². The van der Waals surface area contributed by atoms with Crippen LogP contribution < -0.4 is 0 Å². The number of likely N-dealkylation sites (N-methyl/N-ethyl adjacent to an activating group) is 1. The molecule has 2 saturated heterocycles. The molecule has 0 spiro atoms. The maximum atomic E-state index is 13.7. The highest BCUT2D eigenvalue weighted by molar-refractivity contribution is 7.91. The minimum Gasteiger partial charge on any atom is -0.616 e. The zero-order chi connectivity index (χ0) is 30.2. The highest BCUT2D eigenvalue weighted by Crippen LogP contribution is 2.29. The van der Waals surface area contributed by atoms with E-state index >= 15 is 0 Å². The second-order valence-electron chi connectivity index (χ2n) is 11.5. The summed E-state index contributed by atoms with van der Waals surface area (Å²) < 4.78 is 25.4. The van der Waals surface area contributed by atoms with Gasteiger partial charge in [-0.3, -0.25) is 14.5 Å². The Balaban J connectivity index is 0.000000952. The van der Waals surface area contributed by atoms with Crippen LogP contribution >= 0.6 is 0 Å². The van der Waals surface area contributed by atoms with Crippen LogP contribution in [0.5, 0.6) is 0 Å². The summed E-state index contributed by atoms with van der Waals surface area (Å²) in [7, 11) is 1.84. The Labute approximate surface area is 251 Å². The van der Waals surface area contributed by atoms with Gasteiger partial charge in [-0.2, -0.15) is 5.26 Å². The SMILES string of the molecule is CC(=O)O.CN(CC(CCN1CC(N2CC[S+]([O-])CC2)C1)c1ccc(F)cc1)C(=O)c1cc(C#N)cc2c1CCCC2. The second-order valence-corrected chi connectivity index (χ2v) is 13.2. The fraction of sp³-hybridized carbons (Fsp3) is 0.531. The van der Waals surface area contributed by atoms with E-state index in [4.69, 9.17) is 9.90 Å². The first kappa shape index (κ1) is 32.0. The Morgan fingerprint density at radius 2 is 1.81 bits per heavy atom. The van der Waals surface area contributed by atoms with Gasteiger partial charge < -0.3 is 19.5 Å². The van der Waals surface area contributed by atoms with Crippen LogP contribution in [0.15, 0.2) is 36.4 Å². The molecule has 42 heavy (non-hydrogen) atoms. The molecular formula is C32H41FN4O4S. The number of rotatable bonds is 8. The summed E-state index contributed by atoms with van der Waals surface area (Å²) >= 11 is -0.653. The van der Waals surface area contributed by atoms with Crippen LogP contribution in [0.4, 0.5) is 4.39 Å². The number of carbonyl (C=O) groups is 2.